The van der Waals surface area contributed by atoms with Crippen LogP contribution in [0.3, 0.4) is 0 Å². The number of rotatable bonds is 2. The van der Waals surface area contributed by atoms with Gasteiger partial charge < -0.3 is 17.2 Å². The molecule has 0 aromatic heterocycles. The summed E-state index contributed by atoms with van der Waals surface area (Å²) in [6.45, 7) is 5.95. The average molecular weight is 259 g/mol. The smallest absolute Gasteiger partial charge is 0.412 e. The second kappa shape index (κ2) is 4.89. The molecule has 2 N–H and O–H groups in total. The second-order valence-corrected chi connectivity index (χ2v) is 6.43. The first-order valence-electron chi connectivity index (χ1n) is 4.57. The zero-order chi connectivity index (χ0) is 11.1. The molecule has 1 saturated heterocycles. The van der Waals surface area contributed by atoms with Crippen molar-refractivity contribution in [2.75, 3.05) is 0 Å². The Morgan fingerprint density at radius 3 is 2.31 bits per heavy atom. The highest BCUT2D eigenvalue weighted by Crippen LogP contribution is 2.55. The summed E-state index contributed by atoms with van der Waals surface area (Å²) in [5, 5.41) is 0. The van der Waals surface area contributed by atoms with Gasteiger partial charge in [0.2, 0.25) is 0 Å². The monoisotopic (exact) mass is 259 g/mol. The number of hydrogen-bond acceptors (Lipinski definition) is 4. The molecule has 0 atom stereocenters. The van der Waals surface area contributed by atoms with Crippen molar-refractivity contribution in [3.05, 3.63) is 28.8 Å². The summed E-state index contributed by atoms with van der Waals surface area (Å²) in [5.74, 6) is 0.570. The highest BCUT2D eigenvalue weighted by Gasteiger charge is 2.39. The Bertz CT molecular complexity index is 440. The largest absolute Gasteiger partial charge is 0.687 e. The maximum absolute atomic E-state index is 11.5. The molecular formula is C9H13AlO5P. The molecule has 0 bridgehead atoms. The van der Waals surface area contributed by atoms with E-state index in [1.807, 2.05) is 26.8 Å². The van der Waals surface area contributed by atoms with Gasteiger partial charge in [0.05, 0.1) is 0 Å². The van der Waals surface area contributed by atoms with Crippen LogP contribution in [0.25, 0.3) is 0 Å². The minimum absolute atomic E-state index is 0. The summed E-state index contributed by atoms with van der Waals surface area (Å²) >= 11 is -0.603. The first kappa shape index (κ1) is 13.7. The van der Waals surface area contributed by atoms with Crippen LogP contribution in [0, 0.1) is 20.8 Å². The molecule has 1 fully saturated rings. The van der Waals surface area contributed by atoms with Gasteiger partial charge >= 0.3 is 23.7 Å². The summed E-state index contributed by atoms with van der Waals surface area (Å²) in [7, 11) is -3.24. The van der Waals surface area contributed by atoms with Crippen molar-refractivity contribution in [2.45, 2.75) is 20.8 Å². The van der Waals surface area contributed by atoms with Crippen molar-refractivity contribution in [2.24, 2.45) is 0 Å². The van der Waals surface area contributed by atoms with Gasteiger partial charge in [-0.2, -0.15) is 0 Å². The molecule has 0 spiro atoms. The number of hydrogen-bond donors (Lipinski definition) is 0. The molecule has 0 unspecified atom stereocenters. The van der Waals surface area contributed by atoms with Crippen LogP contribution in [-0.2, 0) is 11.7 Å². The van der Waals surface area contributed by atoms with E-state index < -0.39 is 23.7 Å². The summed E-state index contributed by atoms with van der Waals surface area (Å²) in [6, 6.07) is 3.72. The third kappa shape index (κ3) is 2.49. The maximum atomic E-state index is 11.5. The van der Waals surface area contributed by atoms with E-state index in [4.69, 9.17) is 11.7 Å². The summed E-state index contributed by atoms with van der Waals surface area (Å²) in [4.78, 5) is 0. The molecule has 1 aromatic rings. The van der Waals surface area contributed by atoms with Gasteiger partial charge in [0.25, 0.3) is 0 Å². The van der Waals surface area contributed by atoms with E-state index in [0.29, 0.717) is 5.75 Å². The number of aryl methyl sites for hydroxylation is 1. The Balaban J connectivity index is 0.00000128. The van der Waals surface area contributed by atoms with Gasteiger partial charge in [0.15, 0.2) is 0 Å². The van der Waals surface area contributed by atoms with E-state index in [-0.39, 0.29) is 5.48 Å². The van der Waals surface area contributed by atoms with E-state index in [1.54, 1.807) is 6.07 Å². The standard InChI is InChI=1S/C9H13O4P.Al.H2O/c1-6-4-5-9(8(3)7(6)2)13-14(10,11)12;;/h4-5H,1-3H3,(H2,10,11,12);;1H2/q;+2;/p-2. The van der Waals surface area contributed by atoms with Gasteiger partial charge in [-0.25, -0.2) is 4.57 Å². The third-order valence-corrected chi connectivity index (χ3v) is 5.74. The molecule has 16 heavy (non-hydrogen) atoms. The molecule has 1 heterocycles. The van der Waals surface area contributed by atoms with Crippen LogP contribution < -0.4 is 4.52 Å². The van der Waals surface area contributed by atoms with Gasteiger partial charge in [-0.1, -0.05) is 6.07 Å². The first-order chi connectivity index (χ1) is 7.02. The van der Waals surface area contributed by atoms with E-state index in [2.05, 4.69) is 0 Å². The van der Waals surface area contributed by atoms with Crippen molar-refractivity contribution in [3.63, 3.8) is 0 Å². The summed E-state index contributed by atoms with van der Waals surface area (Å²) in [6.07, 6.45) is 0. The Morgan fingerprint density at radius 2 is 1.81 bits per heavy atom. The van der Waals surface area contributed by atoms with Crippen LogP contribution in [0.4, 0.5) is 0 Å². The summed E-state index contributed by atoms with van der Waals surface area (Å²) in [5.41, 5.74) is 3.28. The van der Waals surface area contributed by atoms with Crippen molar-refractivity contribution in [1.82, 2.24) is 0 Å². The molecule has 5 nitrogen and oxygen atoms in total. The molecule has 1 aliphatic rings. The Morgan fingerprint density at radius 1 is 1.19 bits per heavy atom. The molecule has 7 heteroatoms. The van der Waals surface area contributed by atoms with E-state index in [1.165, 1.54) is 5.56 Å². The average Bonchev–Trinajstić information content (AvgIpc) is 2.17. The fourth-order valence-electron chi connectivity index (χ4n) is 1.31. The Hall–Kier alpha value is -0.338. The quantitative estimate of drug-likeness (QED) is 0.600. The van der Waals surface area contributed by atoms with Crippen LogP contribution in [0.15, 0.2) is 12.1 Å². The molecule has 1 aromatic carbocycles. The van der Waals surface area contributed by atoms with Gasteiger partial charge in [0.1, 0.15) is 5.75 Å². The zero-order valence-electron chi connectivity index (χ0n) is 9.31. The molecule has 2 rings (SSSR count). The first-order valence-corrected chi connectivity index (χ1v) is 6.97. The third-order valence-electron chi connectivity index (χ3n) is 2.56. The lowest BCUT2D eigenvalue weighted by molar-refractivity contribution is 0.229. The molecule has 0 saturated carbocycles. The normalized spacial score (nSPS) is 16.7. The van der Waals surface area contributed by atoms with Crippen LogP contribution in [0.1, 0.15) is 16.7 Å². The van der Waals surface area contributed by atoms with E-state index in [9.17, 15) is 4.57 Å². The molecule has 0 amide bonds. The fraction of sp³-hybridized carbons (Fsp3) is 0.333. The van der Waals surface area contributed by atoms with E-state index >= 15 is 0 Å². The number of benzene rings is 1. The predicted octanol–water partition coefficient (Wildman–Crippen LogP) is 1.86. The zero-order valence-corrected chi connectivity index (χ0v) is 11.4. The highest BCUT2D eigenvalue weighted by molar-refractivity contribution is 7.53. The van der Waals surface area contributed by atoms with Gasteiger partial charge in [-0.15, -0.1) is 0 Å². The van der Waals surface area contributed by atoms with Crippen LogP contribution in [0.2, 0.25) is 0 Å². The lowest BCUT2D eigenvalue weighted by Crippen LogP contribution is -2.18. The topological polar surface area (TPSA) is 76.3 Å². The van der Waals surface area contributed by atoms with Crippen LogP contribution >= 0.6 is 7.82 Å². The minimum Gasteiger partial charge on any atom is -0.412 e. The van der Waals surface area contributed by atoms with Crippen LogP contribution in [0.5, 0.6) is 5.75 Å². The second-order valence-electron chi connectivity index (χ2n) is 3.48. The SMILES string of the molecule is Cc1ccc(OP2(=O)[O][Al][O]2)c(C)c1C.O. The van der Waals surface area contributed by atoms with Crippen LogP contribution in [-0.4, -0.2) is 21.4 Å². The van der Waals surface area contributed by atoms with Crippen molar-refractivity contribution >= 4 is 23.7 Å². The lowest BCUT2D eigenvalue weighted by Gasteiger charge is -2.27. The Labute approximate surface area is 101 Å². The molecule has 0 aliphatic carbocycles. The minimum atomic E-state index is -3.24. The van der Waals surface area contributed by atoms with Crippen molar-refractivity contribution in [1.29, 1.82) is 0 Å². The Kier molecular flexibility index (Phi) is 4.19. The summed E-state index contributed by atoms with van der Waals surface area (Å²) < 4.78 is 26.5. The molecule has 1 radical (unpaired) electrons. The number of phosphoric acid groups is 1. The van der Waals surface area contributed by atoms with Crippen molar-refractivity contribution < 1.29 is 21.7 Å². The van der Waals surface area contributed by atoms with Crippen molar-refractivity contribution in [3.8, 4) is 5.75 Å². The fourth-order valence-corrected chi connectivity index (χ4v) is 3.00. The maximum Gasteiger partial charge on any atom is 0.687 e. The molecule has 1 aliphatic heterocycles. The highest BCUT2D eigenvalue weighted by atomic mass is 31.2. The predicted molar refractivity (Wildman–Crippen MR) is 60.4 cm³/mol. The molecule has 87 valence electrons. The van der Waals surface area contributed by atoms with Gasteiger partial charge in [-0.3, -0.25) is 0 Å². The van der Waals surface area contributed by atoms with Gasteiger partial charge in [-0.05, 0) is 43.5 Å². The van der Waals surface area contributed by atoms with Gasteiger partial charge in [0, 0.05) is 0 Å². The lowest BCUT2D eigenvalue weighted by atomic mass is 10.0. The van der Waals surface area contributed by atoms with E-state index in [0.717, 1.165) is 11.1 Å². The molecular weight excluding hydrogens is 246 g/mol.